The quantitative estimate of drug-likeness (QED) is 0.224. The number of allylic oxidation sites excluding steroid dienone is 7. The van der Waals surface area contributed by atoms with Gasteiger partial charge in [0.2, 0.25) is 0 Å². The largest absolute Gasteiger partial charge is 0.338 e. The fraction of sp³-hybridized carbons (Fsp3) is 0.179. The van der Waals surface area contributed by atoms with Gasteiger partial charge in [0.05, 0.1) is 11.0 Å². The highest BCUT2D eigenvalue weighted by Crippen LogP contribution is 2.39. The highest BCUT2D eigenvalue weighted by molar-refractivity contribution is 6.09. The molecule has 4 aromatic carbocycles. The average molecular weight is 533 g/mol. The van der Waals surface area contributed by atoms with Gasteiger partial charge in [-0.05, 0) is 91.3 Å². The fourth-order valence-corrected chi connectivity index (χ4v) is 6.83. The predicted molar refractivity (Wildman–Crippen MR) is 176 cm³/mol. The third-order valence-electron chi connectivity index (χ3n) is 8.80. The van der Waals surface area contributed by atoms with E-state index in [2.05, 4.69) is 158 Å². The molecule has 0 fully saturated rings. The van der Waals surface area contributed by atoms with E-state index in [9.17, 15) is 0 Å². The Morgan fingerprint density at radius 3 is 2.17 bits per heavy atom. The van der Waals surface area contributed by atoms with Gasteiger partial charge in [0.25, 0.3) is 0 Å². The van der Waals surface area contributed by atoms with Gasteiger partial charge in [-0.3, -0.25) is 0 Å². The average Bonchev–Trinajstić information content (AvgIpc) is 3.35. The van der Waals surface area contributed by atoms with Gasteiger partial charge in [-0.25, -0.2) is 0 Å². The summed E-state index contributed by atoms with van der Waals surface area (Å²) in [7, 11) is 0. The Morgan fingerprint density at radius 1 is 0.732 bits per heavy atom. The molecule has 202 valence electrons. The van der Waals surface area contributed by atoms with Crippen LogP contribution < -0.4 is 4.90 Å². The maximum atomic E-state index is 2.54. The Morgan fingerprint density at radius 2 is 1.44 bits per heavy atom. The number of nitrogens with zero attached hydrogens (tertiary/aromatic N) is 2. The number of benzene rings is 4. The summed E-state index contributed by atoms with van der Waals surface area (Å²) in [5, 5.41) is 2.60. The summed E-state index contributed by atoms with van der Waals surface area (Å²) in [6, 6.07) is 33.6. The monoisotopic (exact) mass is 532 g/mol. The number of aryl methyl sites for hydroxylation is 1. The molecule has 2 heteroatoms. The summed E-state index contributed by atoms with van der Waals surface area (Å²) in [5.41, 5.74) is 11.9. The van der Waals surface area contributed by atoms with Gasteiger partial charge >= 0.3 is 0 Å². The molecule has 5 aromatic rings. The zero-order valence-corrected chi connectivity index (χ0v) is 24.1. The lowest BCUT2D eigenvalue weighted by Crippen LogP contribution is -2.33. The number of fused-ring (bicyclic) bond motifs is 4. The number of hydrogen-bond acceptors (Lipinski definition) is 1. The smallest absolute Gasteiger partial charge is 0.0541 e. The van der Waals surface area contributed by atoms with Crippen molar-refractivity contribution in [3.05, 3.63) is 150 Å². The number of rotatable bonds is 3. The maximum absolute atomic E-state index is 2.54. The van der Waals surface area contributed by atoms with Crippen molar-refractivity contribution in [1.29, 1.82) is 0 Å². The van der Waals surface area contributed by atoms with Gasteiger partial charge < -0.3 is 9.47 Å². The Labute approximate surface area is 243 Å². The van der Waals surface area contributed by atoms with Gasteiger partial charge in [-0.1, -0.05) is 98.0 Å². The second-order valence-electron chi connectivity index (χ2n) is 11.5. The second kappa shape index (κ2) is 10.4. The summed E-state index contributed by atoms with van der Waals surface area (Å²) in [6.45, 7) is 6.94. The molecule has 2 atom stereocenters. The molecule has 0 amide bonds. The fourth-order valence-electron chi connectivity index (χ4n) is 6.83. The van der Waals surface area contributed by atoms with Crippen molar-refractivity contribution in [2.45, 2.75) is 39.7 Å². The number of hydrogen-bond donors (Lipinski definition) is 0. The van der Waals surface area contributed by atoms with Crippen LogP contribution in [-0.4, -0.2) is 10.6 Å². The predicted octanol–water partition coefficient (Wildman–Crippen LogP) is 9.96. The Hall–Kier alpha value is -4.56. The van der Waals surface area contributed by atoms with Crippen LogP contribution in [0.2, 0.25) is 0 Å². The van der Waals surface area contributed by atoms with Gasteiger partial charge in [-0.15, -0.1) is 0 Å². The first-order valence-electron chi connectivity index (χ1n) is 14.8. The van der Waals surface area contributed by atoms with Crippen molar-refractivity contribution in [3.8, 4) is 5.69 Å². The van der Waals surface area contributed by atoms with Gasteiger partial charge in [-0.2, -0.15) is 0 Å². The van der Waals surface area contributed by atoms with Crippen molar-refractivity contribution in [1.82, 2.24) is 4.57 Å². The molecule has 1 aliphatic heterocycles. The Bertz CT molecular complexity index is 1840. The third-order valence-corrected chi connectivity index (χ3v) is 8.80. The van der Waals surface area contributed by atoms with Crippen molar-refractivity contribution in [3.63, 3.8) is 0 Å². The van der Waals surface area contributed by atoms with E-state index in [1.54, 1.807) is 0 Å². The molecule has 0 radical (unpaired) electrons. The third kappa shape index (κ3) is 4.44. The SMILES string of the molecule is Cc1cc(-n2c3ccccc3c3ccccc32)ccc1C1=CC=C(N2c3ccccc3C/C=C\C=C/C2C)CC1C. The van der Waals surface area contributed by atoms with Crippen LogP contribution in [-0.2, 0) is 6.42 Å². The van der Waals surface area contributed by atoms with E-state index in [4.69, 9.17) is 0 Å². The highest BCUT2D eigenvalue weighted by Gasteiger charge is 2.26. The first-order chi connectivity index (χ1) is 20.1. The molecule has 41 heavy (non-hydrogen) atoms. The van der Waals surface area contributed by atoms with Crippen LogP contribution in [0.4, 0.5) is 5.69 Å². The van der Waals surface area contributed by atoms with Crippen LogP contribution in [0.25, 0.3) is 33.1 Å². The van der Waals surface area contributed by atoms with Crippen LogP contribution in [0.3, 0.4) is 0 Å². The molecule has 2 unspecified atom stereocenters. The summed E-state index contributed by atoms with van der Waals surface area (Å²) in [4.78, 5) is 2.54. The maximum Gasteiger partial charge on any atom is 0.0541 e. The summed E-state index contributed by atoms with van der Waals surface area (Å²) < 4.78 is 2.41. The normalized spacial score (nSPS) is 20.5. The lowest BCUT2D eigenvalue weighted by atomic mass is 9.84. The first kappa shape index (κ1) is 25.4. The van der Waals surface area contributed by atoms with Crippen LogP contribution in [0.15, 0.2) is 133 Å². The summed E-state index contributed by atoms with van der Waals surface area (Å²) >= 11 is 0. The van der Waals surface area contributed by atoms with E-state index >= 15 is 0 Å². The summed E-state index contributed by atoms with van der Waals surface area (Å²) in [6.07, 6.45) is 15.6. The number of anilines is 1. The van der Waals surface area contributed by atoms with Crippen LogP contribution in [0, 0.1) is 12.8 Å². The van der Waals surface area contributed by atoms with Gasteiger partial charge in [0.15, 0.2) is 0 Å². The molecule has 0 bridgehead atoms. The zero-order chi connectivity index (χ0) is 27.9. The van der Waals surface area contributed by atoms with Crippen molar-refractivity contribution < 1.29 is 0 Å². The van der Waals surface area contributed by atoms with Crippen LogP contribution >= 0.6 is 0 Å². The van der Waals surface area contributed by atoms with Crippen molar-refractivity contribution in [2.24, 2.45) is 5.92 Å². The standard InChI is InChI=1S/C39H36N2/c1-27-25-31(40-29(3)13-5-4-6-14-30-15-7-10-18-37(30)40)21-23-33(27)34-24-22-32(26-28(34)2)41-38-19-11-8-16-35(38)36-17-9-12-20-39(36)41/h4-13,15-24,26-27,29H,14,25H2,1-3H3/b6-4-,13-5-. The molecule has 0 N–H and O–H groups in total. The number of aromatic nitrogens is 1. The minimum absolute atomic E-state index is 0.277. The van der Waals surface area contributed by atoms with Crippen LogP contribution in [0.5, 0.6) is 0 Å². The van der Waals surface area contributed by atoms with Gasteiger partial charge in [0.1, 0.15) is 0 Å². The van der Waals surface area contributed by atoms with E-state index in [0.717, 1.165) is 12.8 Å². The molecule has 2 nitrogen and oxygen atoms in total. The first-order valence-corrected chi connectivity index (χ1v) is 14.8. The van der Waals surface area contributed by atoms with Crippen molar-refractivity contribution in [2.75, 3.05) is 4.90 Å². The molecule has 0 saturated carbocycles. The molecule has 0 spiro atoms. The lowest BCUT2D eigenvalue weighted by Gasteiger charge is -2.36. The van der Waals surface area contributed by atoms with Crippen molar-refractivity contribution >= 4 is 33.1 Å². The van der Waals surface area contributed by atoms with Crippen LogP contribution in [0.1, 0.15) is 37.0 Å². The van der Waals surface area contributed by atoms with E-state index in [0.29, 0.717) is 5.92 Å². The zero-order valence-electron chi connectivity index (χ0n) is 24.1. The molecule has 1 aromatic heterocycles. The Kier molecular flexibility index (Phi) is 6.47. The highest BCUT2D eigenvalue weighted by atomic mass is 15.2. The molecule has 2 aliphatic rings. The molecule has 1 aliphatic carbocycles. The Balaban J connectivity index is 1.28. The second-order valence-corrected chi connectivity index (χ2v) is 11.5. The molecular formula is C39H36N2. The molecule has 2 heterocycles. The van der Waals surface area contributed by atoms with Gasteiger partial charge in [0, 0.05) is 33.9 Å². The minimum atomic E-state index is 0.277. The molecule has 7 rings (SSSR count). The summed E-state index contributed by atoms with van der Waals surface area (Å²) in [5.74, 6) is 0.418. The van der Waals surface area contributed by atoms with E-state index < -0.39 is 0 Å². The number of para-hydroxylation sites is 3. The van der Waals surface area contributed by atoms with E-state index in [-0.39, 0.29) is 6.04 Å². The van der Waals surface area contributed by atoms with E-state index in [1.807, 2.05) is 0 Å². The topological polar surface area (TPSA) is 8.17 Å². The van der Waals surface area contributed by atoms with E-state index in [1.165, 1.54) is 61.1 Å². The lowest BCUT2D eigenvalue weighted by molar-refractivity contribution is 0.674. The minimum Gasteiger partial charge on any atom is -0.338 e. The molecule has 0 saturated heterocycles. The molecular weight excluding hydrogens is 496 g/mol.